The van der Waals surface area contributed by atoms with Gasteiger partial charge in [0.25, 0.3) is 0 Å². The number of hydrogen-bond acceptors (Lipinski definition) is 1. The van der Waals surface area contributed by atoms with Crippen molar-refractivity contribution in [2.24, 2.45) is 5.92 Å². The molecule has 1 saturated carbocycles. The van der Waals surface area contributed by atoms with Crippen LogP contribution in [0.4, 0.5) is 0 Å². The van der Waals surface area contributed by atoms with Gasteiger partial charge in [-0.15, -0.1) is 0 Å². The standard InChI is InChI=1S/C19H31N/c1-2-20-19(15-13-17-9-5-3-6-10-17)16-14-18-11-7-4-8-12-18/h3,5-6,9-10,18-20H,2,4,7-8,11-16H2,1H3. The largest absolute Gasteiger partial charge is 0.314 e. The molecular formula is C19H31N. The summed E-state index contributed by atoms with van der Waals surface area (Å²) < 4.78 is 0. The van der Waals surface area contributed by atoms with Crippen molar-refractivity contribution in [3.8, 4) is 0 Å². The van der Waals surface area contributed by atoms with Crippen LogP contribution < -0.4 is 5.32 Å². The first kappa shape index (κ1) is 15.6. The maximum atomic E-state index is 3.69. The zero-order valence-electron chi connectivity index (χ0n) is 13.1. The van der Waals surface area contributed by atoms with Crippen LogP contribution in [0.5, 0.6) is 0 Å². The van der Waals surface area contributed by atoms with Gasteiger partial charge in [-0.2, -0.15) is 0 Å². The van der Waals surface area contributed by atoms with Crippen molar-refractivity contribution in [3.63, 3.8) is 0 Å². The molecule has 0 aromatic heterocycles. The predicted octanol–water partition coefficient (Wildman–Crippen LogP) is 4.96. The van der Waals surface area contributed by atoms with E-state index in [4.69, 9.17) is 0 Å². The SMILES string of the molecule is CCNC(CCc1ccccc1)CCC1CCCCC1. The van der Waals surface area contributed by atoms with Gasteiger partial charge in [0.2, 0.25) is 0 Å². The van der Waals surface area contributed by atoms with E-state index in [1.807, 2.05) is 0 Å². The maximum Gasteiger partial charge on any atom is 0.00702 e. The molecule has 1 aliphatic carbocycles. The summed E-state index contributed by atoms with van der Waals surface area (Å²) >= 11 is 0. The summed E-state index contributed by atoms with van der Waals surface area (Å²) in [6.45, 7) is 3.33. The molecule has 112 valence electrons. The van der Waals surface area contributed by atoms with E-state index in [9.17, 15) is 0 Å². The van der Waals surface area contributed by atoms with Crippen molar-refractivity contribution >= 4 is 0 Å². The molecule has 0 radical (unpaired) electrons. The fourth-order valence-corrected chi connectivity index (χ4v) is 3.54. The van der Waals surface area contributed by atoms with E-state index in [2.05, 4.69) is 42.6 Å². The molecule has 20 heavy (non-hydrogen) atoms. The van der Waals surface area contributed by atoms with Gasteiger partial charge >= 0.3 is 0 Å². The Bertz CT molecular complexity index is 340. The molecule has 1 nitrogen and oxygen atoms in total. The Balaban J connectivity index is 1.71. The molecule has 0 amide bonds. The lowest BCUT2D eigenvalue weighted by molar-refractivity contribution is 0.310. The first-order valence-electron chi connectivity index (χ1n) is 8.65. The lowest BCUT2D eigenvalue weighted by atomic mass is 9.84. The molecule has 1 fully saturated rings. The third-order valence-electron chi connectivity index (χ3n) is 4.77. The van der Waals surface area contributed by atoms with E-state index >= 15 is 0 Å². The van der Waals surface area contributed by atoms with Crippen molar-refractivity contribution in [3.05, 3.63) is 35.9 Å². The van der Waals surface area contributed by atoms with E-state index in [0.717, 1.165) is 12.5 Å². The normalized spacial score (nSPS) is 18.1. The summed E-state index contributed by atoms with van der Waals surface area (Å²) in [5, 5.41) is 3.69. The Morgan fingerprint density at radius 3 is 2.50 bits per heavy atom. The van der Waals surface area contributed by atoms with Crippen LogP contribution in [0.15, 0.2) is 30.3 Å². The molecule has 1 aliphatic rings. The van der Waals surface area contributed by atoms with Crippen LogP contribution in [-0.2, 0) is 6.42 Å². The number of aryl methyl sites for hydroxylation is 1. The number of benzene rings is 1. The summed E-state index contributed by atoms with van der Waals surface area (Å²) in [6, 6.07) is 11.6. The third kappa shape index (κ3) is 5.66. The van der Waals surface area contributed by atoms with Crippen LogP contribution in [0.2, 0.25) is 0 Å². The third-order valence-corrected chi connectivity index (χ3v) is 4.77. The van der Waals surface area contributed by atoms with Crippen molar-refractivity contribution in [2.45, 2.75) is 70.8 Å². The van der Waals surface area contributed by atoms with Gasteiger partial charge in [0.1, 0.15) is 0 Å². The van der Waals surface area contributed by atoms with Gasteiger partial charge < -0.3 is 5.32 Å². The van der Waals surface area contributed by atoms with Gasteiger partial charge in [0.05, 0.1) is 0 Å². The highest BCUT2D eigenvalue weighted by atomic mass is 14.9. The van der Waals surface area contributed by atoms with Gasteiger partial charge in [-0.3, -0.25) is 0 Å². The van der Waals surface area contributed by atoms with Crippen LogP contribution in [0.3, 0.4) is 0 Å². The minimum Gasteiger partial charge on any atom is -0.314 e. The molecule has 0 heterocycles. The van der Waals surface area contributed by atoms with Crippen LogP contribution in [0.25, 0.3) is 0 Å². The van der Waals surface area contributed by atoms with Gasteiger partial charge in [-0.05, 0) is 43.7 Å². The Morgan fingerprint density at radius 1 is 1.05 bits per heavy atom. The molecule has 2 rings (SSSR count). The van der Waals surface area contributed by atoms with Crippen LogP contribution in [-0.4, -0.2) is 12.6 Å². The van der Waals surface area contributed by atoms with Crippen LogP contribution >= 0.6 is 0 Å². The molecule has 0 bridgehead atoms. The molecule has 1 aromatic rings. The van der Waals surface area contributed by atoms with Crippen molar-refractivity contribution < 1.29 is 0 Å². The molecular weight excluding hydrogens is 242 g/mol. The minimum absolute atomic E-state index is 0.710. The molecule has 1 unspecified atom stereocenters. The predicted molar refractivity (Wildman–Crippen MR) is 88.0 cm³/mol. The van der Waals surface area contributed by atoms with Gasteiger partial charge in [-0.1, -0.05) is 69.4 Å². The Labute approximate surface area is 125 Å². The van der Waals surface area contributed by atoms with E-state index < -0.39 is 0 Å². The monoisotopic (exact) mass is 273 g/mol. The summed E-state index contributed by atoms with van der Waals surface area (Å²) in [4.78, 5) is 0. The highest BCUT2D eigenvalue weighted by Gasteiger charge is 2.15. The average molecular weight is 273 g/mol. The molecule has 0 aliphatic heterocycles. The minimum atomic E-state index is 0.710. The Kier molecular flexibility index (Phi) is 7.14. The Hall–Kier alpha value is -0.820. The first-order chi connectivity index (χ1) is 9.88. The summed E-state index contributed by atoms with van der Waals surface area (Å²) in [5.74, 6) is 1.02. The Morgan fingerprint density at radius 2 is 1.80 bits per heavy atom. The second-order valence-corrected chi connectivity index (χ2v) is 6.36. The summed E-state index contributed by atoms with van der Waals surface area (Å²) in [6.07, 6.45) is 12.7. The summed E-state index contributed by atoms with van der Waals surface area (Å²) in [7, 11) is 0. The number of nitrogens with one attached hydrogen (secondary N) is 1. The second-order valence-electron chi connectivity index (χ2n) is 6.36. The van der Waals surface area contributed by atoms with E-state index in [1.54, 1.807) is 0 Å². The quantitative estimate of drug-likeness (QED) is 0.706. The van der Waals surface area contributed by atoms with Crippen LogP contribution in [0, 0.1) is 5.92 Å². The van der Waals surface area contributed by atoms with Gasteiger partial charge in [0, 0.05) is 6.04 Å². The van der Waals surface area contributed by atoms with E-state index in [0.29, 0.717) is 6.04 Å². The zero-order chi connectivity index (χ0) is 14.0. The molecule has 1 N–H and O–H groups in total. The zero-order valence-corrected chi connectivity index (χ0v) is 13.1. The molecule has 0 spiro atoms. The van der Waals surface area contributed by atoms with E-state index in [1.165, 1.54) is 63.4 Å². The molecule has 1 atom stereocenters. The topological polar surface area (TPSA) is 12.0 Å². The molecule has 0 saturated heterocycles. The second kappa shape index (κ2) is 9.18. The highest BCUT2D eigenvalue weighted by Crippen LogP contribution is 2.28. The fourth-order valence-electron chi connectivity index (χ4n) is 3.54. The highest BCUT2D eigenvalue weighted by molar-refractivity contribution is 5.14. The fraction of sp³-hybridized carbons (Fsp3) is 0.684. The van der Waals surface area contributed by atoms with E-state index in [-0.39, 0.29) is 0 Å². The molecule has 1 aromatic carbocycles. The van der Waals surface area contributed by atoms with Crippen LogP contribution in [0.1, 0.15) is 63.9 Å². The van der Waals surface area contributed by atoms with Crippen molar-refractivity contribution in [1.29, 1.82) is 0 Å². The summed E-state index contributed by atoms with van der Waals surface area (Å²) in [5.41, 5.74) is 1.48. The molecule has 1 heteroatoms. The number of hydrogen-bond donors (Lipinski definition) is 1. The van der Waals surface area contributed by atoms with Crippen molar-refractivity contribution in [1.82, 2.24) is 5.32 Å². The smallest absolute Gasteiger partial charge is 0.00702 e. The maximum absolute atomic E-state index is 3.69. The lowest BCUT2D eigenvalue weighted by Gasteiger charge is -2.24. The average Bonchev–Trinajstić information content (AvgIpc) is 2.52. The van der Waals surface area contributed by atoms with Gasteiger partial charge in [-0.25, -0.2) is 0 Å². The first-order valence-corrected chi connectivity index (χ1v) is 8.65. The van der Waals surface area contributed by atoms with Crippen molar-refractivity contribution in [2.75, 3.05) is 6.54 Å². The lowest BCUT2D eigenvalue weighted by Crippen LogP contribution is -2.30. The number of rotatable bonds is 8. The van der Waals surface area contributed by atoms with Gasteiger partial charge in [0.15, 0.2) is 0 Å².